The molecule has 2 rings (SSSR count). The Hall–Kier alpha value is -2.03. The van der Waals surface area contributed by atoms with Gasteiger partial charge in [-0.15, -0.1) is 0 Å². The second-order valence-corrected chi connectivity index (χ2v) is 4.64. The van der Waals surface area contributed by atoms with E-state index in [-0.39, 0.29) is 5.03 Å². The second kappa shape index (κ2) is 4.09. The van der Waals surface area contributed by atoms with Gasteiger partial charge in [0.2, 0.25) is 11.9 Å². The molecule has 0 spiro atoms. The van der Waals surface area contributed by atoms with Crippen molar-refractivity contribution in [2.75, 3.05) is 4.72 Å². The van der Waals surface area contributed by atoms with Gasteiger partial charge in [0.1, 0.15) is 5.69 Å². The molecule has 2 heterocycles. The van der Waals surface area contributed by atoms with E-state index in [0.29, 0.717) is 0 Å². The van der Waals surface area contributed by atoms with Gasteiger partial charge in [-0.25, -0.2) is 4.98 Å². The normalized spacial score (nSPS) is 11.4. The van der Waals surface area contributed by atoms with Crippen LogP contribution in [0.4, 0.5) is 14.5 Å². The van der Waals surface area contributed by atoms with Gasteiger partial charge in [0.25, 0.3) is 10.0 Å². The van der Waals surface area contributed by atoms with Crippen LogP contribution in [-0.2, 0) is 10.0 Å². The van der Waals surface area contributed by atoms with Gasteiger partial charge in [0, 0.05) is 0 Å². The summed E-state index contributed by atoms with van der Waals surface area (Å²) in [5.41, 5.74) is -0.444. The fraction of sp³-hybridized carbons (Fsp3) is 0. The summed E-state index contributed by atoms with van der Waals surface area (Å²) in [4.78, 5) is 8.73. The van der Waals surface area contributed by atoms with Crippen molar-refractivity contribution < 1.29 is 17.2 Å². The summed E-state index contributed by atoms with van der Waals surface area (Å²) in [6.07, 6.45) is 2.21. The number of aromatic amines is 1. The lowest BCUT2D eigenvalue weighted by molar-refractivity contribution is 0.515. The number of H-pyrrole nitrogens is 1. The van der Waals surface area contributed by atoms with Crippen molar-refractivity contribution in [3.63, 3.8) is 0 Å². The lowest BCUT2D eigenvalue weighted by Gasteiger charge is -2.06. The van der Waals surface area contributed by atoms with Gasteiger partial charge in [-0.1, -0.05) is 0 Å². The zero-order valence-corrected chi connectivity index (χ0v) is 9.00. The molecule has 9 heteroatoms. The van der Waals surface area contributed by atoms with E-state index < -0.39 is 27.6 Å². The molecule has 2 N–H and O–H groups in total. The Bertz CT molecular complexity index is 627. The van der Waals surface area contributed by atoms with Crippen molar-refractivity contribution in [2.45, 2.75) is 5.03 Å². The summed E-state index contributed by atoms with van der Waals surface area (Å²) in [7, 11) is -3.98. The van der Waals surface area contributed by atoms with Crippen LogP contribution in [0.3, 0.4) is 0 Å². The highest BCUT2D eigenvalue weighted by Crippen LogP contribution is 2.16. The SMILES string of the molecule is O=S(=O)(Nc1ccc(F)nc1F)c1cnc[nH]1. The smallest absolute Gasteiger partial charge is 0.279 e. The van der Waals surface area contributed by atoms with Crippen molar-refractivity contribution in [3.8, 4) is 0 Å². The average Bonchev–Trinajstić information content (AvgIpc) is 2.76. The predicted molar refractivity (Wildman–Crippen MR) is 53.5 cm³/mol. The molecule has 0 fully saturated rings. The fourth-order valence-electron chi connectivity index (χ4n) is 1.08. The second-order valence-electron chi connectivity index (χ2n) is 2.99. The van der Waals surface area contributed by atoms with Gasteiger partial charge in [-0.2, -0.15) is 22.2 Å². The predicted octanol–water partition coefficient (Wildman–Crippen LogP) is 0.884. The topological polar surface area (TPSA) is 87.7 Å². The quantitative estimate of drug-likeness (QED) is 0.802. The molecule has 0 saturated carbocycles. The zero-order chi connectivity index (χ0) is 12.5. The van der Waals surface area contributed by atoms with Gasteiger partial charge >= 0.3 is 0 Å². The van der Waals surface area contributed by atoms with Crippen LogP contribution in [0.1, 0.15) is 0 Å². The maximum Gasteiger partial charge on any atom is 0.279 e. The monoisotopic (exact) mass is 260 g/mol. The van der Waals surface area contributed by atoms with E-state index in [1.54, 1.807) is 0 Å². The number of rotatable bonds is 3. The highest BCUT2D eigenvalue weighted by Gasteiger charge is 2.18. The van der Waals surface area contributed by atoms with Crippen LogP contribution in [0.25, 0.3) is 0 Å². The molecule has 0 aliphatic rings. The van der Waals surface area contributed by atoms with E-state index in [4.69, 9.17) is 0 Å². The maximum absolute atomic E-state index is 13.1. The first kappa shape index (κ1) is 11.5. The first-order chi connectivity index (χ1) is 7.99. The Kier molecular flexibility index (Phi) is 2.76. The van der Waals surface area contributed by atoms with Crippen LogP contribution in [0, 0.1) is 11.9 Å². The molecular formula is C8H6F2N4O2S. The molecule has 0 radical (unpaired) electrons. The minimum absolute atomic E-state index is 0.235. The number of nitrogens with one attached hydrogen (secondary N) is 2. The third-order valence-electron chi connectivity index (χ3n) is 1.82. The maximum atomic E-state index is 13.1. The highest BCUT2D eigenvalue weighted by molar-refractivity contribution is 7.92. The molecule has 2 aromatic heterocycles. The van der Waals surface area contributed by atoms with Crippen LogP contribution in [0.15, 0.2) is 29.7 Å². The molecular weight excluding hydrogens is 254 g/mol. The standard InChI is InChI=1S/C8H6F2N4O2S/c9-6-2-1-5(8(10)13-6)14-17(15,16)7-3-11-4-12-7/h1-4,14H,(H,11,12). The van der Waals surface area contributed by atoms with Crippen molar-refractivity contribution in [1.82, 2.24) is 15.0 Å². The van der Waals surface area contributed by atoms with E-state index in [9.17, 15) is 17.2 Å². The number of anilines is 1. The van der Waals surface area contributed by atoms with Crippen molar-refractivity contribution in [2.24, 2.45) is 0 Å². The van der Waals surface area contributed by atoms with Crippen LogP contribution in [0.5, 0.6) is 0 Å². The Morgan fingerprint density at radius 3 is 2.65 bits per heavy atom. The largest absolute Gasteiger partial charge is 0.334 e. The van der Waals surface area contributed by atoms with Gasteiger partial charge in [-0.3, -0.25) is 4.72 Å². The average molecular weight is 260 g/mol. The summed E-state index contributed by atoms with van der Waals surface area (Å²) < 4.78 is 50.8. The number of aromatic nitrogens is 3. The van der Waals surface area contributed by atoms with E-state index in [1.165, 1.54) is 0 Å². The molecule has 0 saturated heterocycles. The Labute approximate surface area is 94.8 Å². The van der Waals surface area contributed by atoms with Gasteiger partial charge < -0.3 is 4.98 Å². The number of sulfonamides is 1. The molecule has 90 valence electrons. The van der Waals surface area contributed by atoms with E-state index in [0.717, 1.165) is 24.7 Å². The molecule has 0 aliphatic carbocycles. The summed E-state index contributed by atoms with van der Waals surface area (Å²) in [6.45, 7) is 0. The zero-order valence-electron chi connectivity index (χ0n) is 8.18. The molecule has 6 nitrogen and oxygen atoms in total. The minimum Gasteiger partial charge on any atom is -0.334 e. The van der Waals surface area contributed by atoms with Crippen molar-refractivity contribution in [3.05, 3.63) is 36.6 Å². The summed E-state index contributed by atoms with van der Waals surface area (Å²) in [6, 6.07) is 1.78. The molecule has 0 aromatic carbocycles. The number of halogens is 2. The molecule has 0 bridgehead atoms. The Morgan fingerprint density at radius 2 is 2.06 bits per heavy atom. The van der Waals surface area contributed by atoms with Crippen LogP contribution >= 0.6 is 0 Å². The number of hydrogen-bond donors (Lipinski definition) is 2. The van der Waals surface area contributed by atoms with Gasteiger partial charge in [-0.05, 0) is 12.1 Å². The molecule has 0 aliphatic heterocycles. The minimum atomic E-state index is -3.98. The van der Waals surface area contributed by atoms with Gasteiger partial charge in [0.15, 0.2) is 5.03 Å². The Balaban J connectivity index is 2.33. The van der Waals surface area contributed by atoms with E-state index in [1.807, 2.05) is 4.72 Å². The first-order valence-corrected chi connectivity index (χ1v) is 5.80. The summed E-state index contributed by atoms with van der Waals surface area (Å²) in [5, 5.41) is -0.235. The van der Waals surface area contributed by atoms with E-state index >= 15 is 0 Å². The summed E-state index contributed by atoms with van der Waals surface area (Å²) in [5.74, 6) is -2.28. The van der Waals surface area contributed by atoms with E-state index in [2.05, 4.69) is 15.0 Å². The van der Waals surface area contributed by atoms with Gasteiger partial charge in [0.05, 0.1) is 12.5 Å². The van der Waals surface area contributed by atoms with Crippen molar-refractivity contribution >= 4 is 15.7 Å². The fourth-order valence-corrected chi connectivity index (χ4v) is 2.04. The third-order valence-corrected chi connectivity index (χ3v) is 3.11. The number of pyridine rings is 1. The lowest BCUT2D eigenvalue weighted by Crippen LogP contribution is -2.15. The first-order valence-electron chi connectivity index (χ1n) is 4.32. The van der Waals surface area contributed by atoms with Crippen molar-refractivity contribution in [1.29, 1.82) is 0 Å². The molecule has 17 heavy (non-hydrogen) atoms. The number of imidazole rings is 1. The molecule has 0 atom stereocenters. The van der Waals surface area contributed by atoms with Crippen LogP contribution in [0.2, 0.25) is 0 Å². The van der Waals surface area contributed by atoms with Crippen LogP contribution < -0.4 is 4.72 Å². The molecule has 2 aromatic rings. The summed E-state index contributed by atoms with van der Waals surface area (Å²) >= 11 is 0. The Morgan fingerprint density at radius 1 is 1.29 bits per heavy atom. The molecule has 0 amide bonds. The number of hydrogen-bond acceptors (Lipinski definition) is 4. The highest BCUT2D eigenvalue weighted by atomic mass is 32.2. The molecule has 0 unspecified atom stereocenters. The lowest BCUT2D eigenvalue weighted by atomic mass is 10.4. The van der Waals surface area contributed by atoms with Crippen LogP contribution in [-0.4, -0.2) is 23.4 Å². The number of nitrogens with zero attached hydrogens (tertiary/aromatic N) is 2. The third kappa shape index (κ3) is 2.38.